The minimum absolute atomic E-state index is 0.103. The highest BCUT2D eigenvalue weighted by Gasteiger charge is 2.26. The molecule has 0 radical (unpaired) electrons. The van der Waals surface area contributed by atoms with Crippen LogP contribution in [-0.4, -0.2) is 43.5 Å². The molecule has 94 valence electrons. The summed E-state index contributed by atoms with van der Waals surface area (Å²) in [4.78, 5) is 13.0. The lowest BCUT2D eigenvalue weighted by atomic mass is 9.96. The Morgan fingerprint density at radius 3 is 2.56 bits per heavy atom. The lowest BCUT2D eigenvalue weighted by Crippen LogP contribution is -2.30. The Balaban J connectivity index is 2.41. The van der Waals surface area contributed by atoms with E-state index >= 15 is 0 Å². The van der Waals surface area contributed by atoms with Gasteiger partial charge in [-0.1, -0.05) is 20.8 Å². The lowest BCUT2D eigenvalue weighted by Gasteiger charge is -2.26. The monoisotopic (exact) mass is 227 g/mol. The van der Waals surface area contributed by atoms with Crippen molar-refractivity contribution in [3.8, 4) is 0 Å². The minimum Gasteiger partial charge on any atom is -0.373 e. The van der Waals surface area contributed by atoms with Crippen molar-refractivity contribution < 1.29 is 9.53 Å². The van der Waals surface area contributed by atoms with E-state index in [0.29, 0.717) is 12.0 Å². The van der Waals surface area contributed by atoms with Gasteiger partial charge in [0.2, 0.25) is 0 Å². The van der Waals surface area contributed by atoms with E-state index in [1.165, 1.54) is 0 Å². The molecule has 0 saturated carbocycles. The van der Waals surface area contributed by atoms with E-state index in [4.69, 9.17) is 4.74 Å². The molecule has 1 aliphatic rings. The zero-order valence-corrected chi connectivity index (χ0v) is 11.0. The molecular weight excluding hydrogens is 202 g/mol. The van der Waals surface area contributed by atoms with E-state index in [2.05, 4.69) is 25.8 Å². The molecule has 0 aliphatic carbocycles. The highest BCUT2D eigenvalue weighted by atomic mass is 16.5. The fraction of sp³-hybridized carbons (Fsp3) is 0.923. The van der Waals surface area contributed by atoms with Crippen LogP contribution in [0.3, 0.4) is 0 Å². The van der Waals surface area contributed by atoms with Crippen molar-refractivity contribution in [3.05, 3.63) is 0 Å². The van der Waals surface area contributed by atoms with Crippen LogP contribution in [0.5, 0.6) is 0 Å². The summed E-state index contributed by atoms with van der Waals surface area (Å²) in [5, 5.41) is 0. The van der Waals surface area contributed by atoms with Crippen LogP contribution in [0.1, 0.15) is 33.6 Å². The number of likely N-dealkylation sites (tertiary alicyclic amines) is 1. The molecule has 0 spiro atoms. The predicted octanol–water partition coefficient (Wildman–Crippen LogP) is 1.96. The van der Waals surface area contributed by atoms with Crippen LogP contribution in [-0.2, 0) is 9.53 Å². The molecular formula is C13H25NO2. The number of likely N-dealkylation sites (N-methyl/N-ethyl adjacent to an activating group) is 1. The first-order chi connectivity index (χ1) is 7.52. The van der Waals surface area contributed by atoms with E-state index in [-0.39, 0.29) is 12.0 Å². The second-order valence-electron chi connectivity index (χ2n) is 5.44. The van der Waals surface area contributed by atoms with Crippen LogP contribution in [0.2, 0.25) is 0 Å². The maximum Gasteiger partial charge on any atom is 0.122 e. The van der Waals surface area contributed by atoms with Crippen LogP contribution >= 0.6 is 0 Å². The molecule has 1 heterocycles. The summed E-state index contributed by atoms with van der Waals surface area (Å²) in [5.74, 6) is 0.583. The number of carbonyl (C=O) groups is 1. The Kier molecular flexibility index (Phi) is 5.42. The summed E-state index contributed by atoms with van der Waals surface area (Å²) < 4.78 is 6.12. The van der Waals surface area contributed by atoms with Gasteiger partial charge in [0.05, 0.1) is 12.2 Å². The Hall–Kier alpha value is -0.410. The highest BCUT2D eigenvalue weighted by molar-refractivity contribution is 5.52. The molecule has 3 nitrogen and oxygen atoms in total. The minimum atomic E-state index is 0.103. The smallest absolute Gasteiger partial charge is 0.122 e. The predicted molar refractivity (Wildman–Crippen MR) is 65.5 cm³/mol. The molecule has 0 amide bonds. The molecule has 0 aromatic heterocycles. The van der Waals surface area contributed by atoms with Crippen molar-refractivity contribution >= 4 is 6.29 Å². The Bertz CT molecular complexity index is 218. The van der Waals surface area contributed by atoms with Gasteiger partial charge in [0.25, 0.3) is 0 Å². The number of aldehydes is 1. The fourth-order valence-electron chi connectivity index (χ4n) is 2.16. The van der Waals surface area contributed by atoms with E-state index in [9.17, 15) is 4.79 Å². The quantitative estimate of drug-likeness (QED) is 0.650. The van der Waals surface area contributed by atoms with Gasteiger partial charge in [-0.05, 0) is 25.8 Å². The van der Waals surface area contributed by atoms with Gasteiger partial charge >= 0.3 is 0 Å². The summed E-state index contributed by atoms with van der Waals surface area (Å²) in [5.41, 5.74) is 0. The van der Waals surface area contributed by atoms with Crippen LogP contribution in [0.25, 0.3) is 0 Å². The molecule has 1 aliphatic heterocycles. The van der Waals surface area contributed by atoms with Crippen molar-refractivity contribution in [3.63, 3.8) is 0 Å². The summed E-state index contributed by atoms with van der Waals surface area (Å²) in [7, 11) is 2.13. The molecule has 2 unspecified atom stereocenters. The van der Waals surface area contributed by atoms with Gasteiger partial charge in [0.1, 0.15) is 6.29 Å². The van der Waals surface area contributed by atoms with Crippen molar-refractivity contribution in [2.75, 3.05) is 20.1 Å². The molecule has 1 fully saturated rings. The van der Waals surface area contributed by atoms with Crippen molar-refractivity contribution in [2.45, 2.75) is 45.8 Å². The molecule has 3 atom stereocenters. The number of ether oxygens (including phenoxy) is 1. The normalized spacial score (nSPS) is 25.9. The first-order valence-electron chi connectivity index (χ1n) is 6.32. The Morgan fingerprint density at radius 1 is 1.44 bits per heavy atom. The standard InChI is InChI=1S/C13H25NO2/c1-10(2)13(7-11(3)9-15)16-12-5-6-14(4)8-12/h9-13H,5-8H2,1-4H3/t11?,12-,13?/m1/s1. The van der Waals surface area contributed by atoms with Crippen LogP contribution in [0.15, 0.2) is 0 Å². The average Bonchev–Trinajstić information content (AvgIpc) is 2.62. The Morgan fingerprint density at radius 2 is 2.12 bits per heavy atom. The fourth-order valence-corrected chi connectivity index (χ4v) is 2.16. The first-order valence-corrected chi connectivity index (χ1v) is 6.32. The van der Waals surface area contributed by atoms with Gasteiger partial charge in [-0.3, -0.25) is 0 Å². The van der Waals surface area contributed by atoms with E-state index in [0.717, 1.165) is 32.2 Å². The lowest BCUT2D eigenvalue weighted by molar-refractivity contribution is -0.113. The third-order valence-electron chi connectivity index (χ3n) is 3.30. The van der Waals surface area contributed by atoms with Crippen molar-refractivity contribution in [1.29, 1.82) is 0 Å². The summed E-state index contributed by atoms with van der Waals surface area (Å²) >= 11 is 0. The number of hydrogen-bond donors (Lipinski definition) is 0. The van der Waals surface area contributed by atoms with E-state index in [1.807, 2.05) is 6.92 Å². The van der Waals surface area contributed by atoms with Gasteiger partial charge in [-0.15, -0.1) is 0 Å². The summed E-state index contributed by atoms with van der Waals surface area (Å²) in [6.45, 7) is 8.45. The third-order valence-corrected chi connectivity index (χ3v) is 3.30. The van der Waals surface area contributed by atoms with E-state index in [1.54, 1.807) is 0 Å². The second kappa shape index (κ2) is 6.36. The van der Waals surface area contributed by atoms with Gasteiger partial charge < -0.3 is 14.4 Å². The molecule has 1 rings (SSSR count). The zero-order valence-electron chi connectivity index (χ0n) is 11.0. The van der Waals surface area contributed by atoms with Crippen LogP contribution in [0.4, 0.5) is 0 Å². The second-order valence-corrected chi connectivity index (χ2v) is 5.44. The third kappa shape index (κ3) is 4.22. The van der Waals surface area contributed by atoms with Crippen molar-refractivity contribution in [2.24, 2.45) is 11.8 Å². The maximum atomic E-state index is 10.7. The maximum absolute atomic E-state index is 10.7. The van der Waals surface area contributed by atoms with Crippen LogP contribution < -0.4 is 0 Å². The topological polar surface area (TPSA) is 29.5 Å². The van der Waals surface area contributed by atoms with Gasteiger partial charge in [0.15, 0.2) is 0 Å². The molecule has 0 bridgehead atoms. The number of rotatable bonds is 6. The van der Waals surface area contributed by atoms with Crippen molar-refractivity contribution in [1.82, 2.24) is 4.90 Å². The van der Waals surface area contributed by atoms with Gasteiger partial charge in [-0.2, -0.15) is 0 Å². The Labute approximate surface area is 99.1 Å². The molecule has 3 heteroatoms. The SMILES string of the molecule is CC(C=O)CC(O[C@@H]1CCN(C)C1)C(C)C. The number of hydrogen-bond acceptors (Lipinski definition) is 3. The summed E-state index contributed by atoms with van der Waals surface area (Å²) in [6, 6.07) is 0. The summed E-state index contributed by atoms with van der Waals surface area (Å²) in [6.07, 6.45) is 3.57. The molecule has 0 aromatic carbocycles. The van der Waals surface area contributed by atoms with Gasteiger partial charge in [0, 0.05) is 19.0 Å². The average molecular weight is 227 g/mol. The van der Waals surface area contributed by atoms with E-state index < -0.39 is 0 Å². The number of carbonyl (C=O) groups excluding carboxylic acids is 1. The van der Waals surface area contributed by atoms with Crippen LogP contribution in [0, 0.1) is 11.8 Å². The molecule has 0 N–H and O–H groups in total. The molecule has 0 aromatic rings. The zero-order chi connectivity index (χ0) is 12.1. The molecule has 1 saturated heterocycles. The first kappa shape index (κ1) is 13.7. The highest BCUT2D eigenvalue weighted by Crippen LogP contribution is 2.21. The largest absolute Gasteiger partial charge is 0.373 e. The molecule has 16 heavy (non-hydrogen) atoms. The van der Waals surface area contributed by atoms with Gasteiger partial charge in [-0.25, -0.2) is 0 Å². The number of nitrogens with zero attached hydrogens (tertiary/aromatic N) is 1.